The molecule has 2 aromatic heterocycles. The minimum atomic E-state index is -4.56. The fourth-order valence-electron chi connectivity index (χ4n) is 1.87. The van der Waals surface area contributed by atoms with E-state index in [1.165, 1.54) is 0 Å². The summed E-state index contributed by atoms with van der Waals surface area (Å²) in [5.74, 6) is -0.817. The van der Waals surface area contributed by atoms with E-state index in [1.807, 2.05) is 0 Å². The average molecular weight is 277 g/mol. The predicted octanol–water partition coefficient (Wildman–Crippen LogP) is 1.79. The molecule has 1 aliphatic rings. The zero-order chi connectivity index (χ0) is 13.1. The lowest BCUT2D eigenvalue weighted by molar-refractivity contribution is -0.146. The van der Waals surface area contributed by atoms with Crippen LogP contribution < -0.4 is 5.73 Å². The van der Waals surface area contributed by atoms with Gasteiger partial charge in [0, 0.05) is 0 Å². The Morgan fingerprint density at radius 3 is 2.56 bits per heavy atom. The van der Waals surface area contributed by atoms with E-state index in [0.717, 1.165) is 28.7 Å². The summed E-state index contributed by atoms with van der Waals surface area (Å²) in [5.41, 5.74) is 5.44. The van der Waals surface area contributed by atoms with Gasteiger partial charge in [-0.3, -0.25) is 0 Å². The quantitative estimate of drug-likeness (QED) is 0.908. The highest BCUT2D eigenvalue weighted by Gasteiger charge is 2.44. The zero-order valence-corrected chi connectivity index (χ0v) is 10.2. The first-order chi connectivity index (χ1) is 8.30. The minimum Gasteiger partial charge on any atom is -0.319 e. The number of aromatic nitrogens is 4. The van der Waals surface area contributed by atoms with Gasteiger partial charge in [0.2, 0.25) is 4.96 Å². The molecule has 2 N–H and O–H groups in total. The lowest BCUT2D eigenvalue weighted by Crippen LogP contribution is -2.35. The second kappa shape index (κ2) is 3.41. The molecule has 0 amide bonds. The van der Waals surface area contributed by atoms with Crippen LogP contribution in [-0.2, 0) is 11.7 Å². The highest BCUT2D eigenvalue weighted by molar-refractivity contribution is 7.16. The van der Waals surface area contributed by atoms with Crippen molar-refractivity contribution in [2.24, 2.45) is 11.7 Å². The van der Waals surface area contributed by atoms with Gasteiger partial charge in [-0.25, -0.2) is 0 Å². The summed E-state index contributed by atoms with van der Waals surface area (Å²) >= 11 is 1.06. The van der Waals surface area contributed by atoms with Crippen LogP contribution in [0.1, 0.15) is 30.6 Å². The summed E-state index contributed by atoms with van der Waals surface area (Å²) in [6, 6.07) is 0. The largest absolute Gasteiger partial charge is 0.453 e. The number of hydrogen-bond acceptors (Lipinski definition) is 5. The Morgan fingerprint density at radius 2 is 2.00 bits per heavy atom. The van der Waals surface area contributed by atoms with E-state index in [1.54, 1.807) is 6.92 Å². The van der Waals surface area contributed by atoms with Crippen LogP contribution in [0.15, 0.2) is 0 Å². The monoisotopic (exact) mass is 277 g/mol. The predicted molar refractivity (Wildman–Crippen MR) is 57.9 cm³/mol. The summed E-state index contributed by atoms with van der Waals surface area (Å²) in [6.45, 7) is 1.80. The first kappa shape index (κ1) is 11.8. The van der Waals surface area contributed by atoms with Gasteiger partial charge in [-0.15, -0.1) is 10.2 Å². The van der Waals surface area contributed by atoms with Crippen LogP contribution in [0.25, 0.3) is 4.96 Å². The molecule has 0 aromatic carbocycles. The summed E-state index contributed by atoms with van der Waals surface area (Å²) < 4.78 is 38.6. The van der Waals surface area contributed by atoms with E-state index in [9.17, 15) is 13.2 Å². The molecule has 18 heavy (non-hydrogen) atoms. The molecule has 0 aliphatic heterocycles. The molecule has 1 aliphatic carbocycles. The number of nitrogens with two attached hydrogens (primary N) is 1. The molecule has 1 unspecified atom stereocenters. The van der Waals surface area contributed by atoms with E-state index < -0.39 is 17.5 Å². The van der Waals surface area contributed by atoms with Crippen molar-refractivity contribution in [1.82, 2.24) is 19.8 Å². The van der Waals surface area contributed by atoms with Crippen LogP contribution in [0, 0.1) is 5.92 Å². The number of halogens is 3. The van der Waals surface area contributed by atoms with Gasteiger partial charge in [0.05, 0.1) is 5.54 Å². The average Bonchev–Trinajstić information content (AvgIpc) is 2.87. The molecular weight excluding hydrogens is 267 g/mol. The Labute approximate surface area is 104 Å². The van der Waals surface area contributed by atoms with Gasteiger partial charge in [-0.2, -0.15) is 22.8 Å². The minimum absolute atomic E-state index is 0.120. The summed E-state index contributed by atoms with van der Waals surface area (Å²) in [6.07, 6.45) is -2.59. The first-order valence-corrected chi connectivity index (χ1v) is 6.20. The van der Waals surface area contributed by atoms with Gasteiger partial charge in [0.1, 0.15) is 5.01 Å². The van der Waals surface area contributed by atoms with Crippen molar-refractivity contribution in [2.75, 3.05) is 0 Å². The Bertz CT molecular complexity index is 595. The molecule has 98 valence electrons. The maximum atomic E-state index is 12.6. The number of hydrogen-bond donors (Lipinski definition) is 1. The van der Waals surface area contributed by atoms with Crippen molar-refractivity contribution < 1.29 is 13.2 Å². The van der Waals surface area contributed by atoms with E-state index in [-0.39, 0.29) is 10.9 Å². The molecule has 3 rings (SSSR count). The Balaban J connectivity index is 2.09. The normalized spacial score (nSPS) is 20.3. The van der Waals surface area contributed by atoms with E-state index in [4.69, 9.17) is 5.73 Å². The van der Waals surface area contributed by atoms with Crippen LogP contribution in [0.3, 0.4) is 0 Å². The molecule has 0 radical (unpaired) electrons. The molecule has 0 bridgehead atoms. The maximum absolute atomic E-state index is 12.6. The molecule has 1 saturated carbocycles. The van der Waals surface area contributed by atoms with Crippen LogP contribution >= 0.6 is 11.3 Å². The molecule has 2 heterocycles. The number of fused-ring (bicyclic) bond motifs is 1. The first-order valence-electron chi connectivity index (χ1n) is 5.39. The van der Waals surface area contributed by atoms with Gasteiger partial charge >= 0.3 is 6.18 Å². The van der Waals surface area contributed by atoms with Crippen LogP contribution in [0.4, 0.5) is 13.2 Å². The molecule has 1 atom stereocenters. The van der Waals surface area contributed by atoms with E-state index in [0.29, 0.717) is 5.01 Å². The van der Waals surface area contributed by atoms with Crippen molar-refractivity contribution in [1.29, 1.82) is 0 Å². The van der Waals surface area contributed by atoms with Crippen molar-refractivity contribution in [3.8, 4) is 0 Å². The van der Waals surface area contributed by atoms with Gasteiger partial charge in [-0.05, 0) is 25.7 Å². The summed E-state index contributed by atoms with van der Waals surface area (Å²) in [7, 11) is 0. The second-order valence-electron chi connectivity index (χ2n) is 4.68. The van der Waals surface area contributed by atoms with Crippen molar-refractivity contribution in [3.05, 3.63) is 10.8 Å². The van der Waals surface area contributed by atoms with E-state index in [2.05, 4.69) is 15.3 Å². The van der Waals surface area contributed by atoms with Crippen molar-refractivity contribution in [2.45, 2.75) is 31.5 Å². The molecular formula is C9H10F3N5S. The third-order valence-electron chi connectivity index (χ3n) is 3.13. The molecule has 2 aromatic rings. The number of alkyl halides is 3. The Hall–Kier alpha value is -1.22. The lowest BCUT2D eigenvalue weighted by Gasteiger charge is -2.20. The fraction of sp³-hybridized carbons (Fsp3) is 0.667. The topological polar surface area (TPSA) is 69.1 Å². The molecule has 0 spiro atoms. The van der Waals surface area contributed by atoms with Gasteiger partial charge in [0.15, 0.2) is 0 Å². The maximum Gasteiger partial charge on any atom is 0.453 e. The standard InChI is InChI=1S/C9H10F3N5S/c1-8(13,4-2-3-4)6-16-17-5(9(10,11)12)14-15-7(17)18-6/h4H,2-3,13H2,1H3. The number of rotatable bonds is 2. The van der Waals surface area contributed by atoms with Crippen LogP contribution in [0.5, 0.6) is 0 Å². The fourth-order valence-corrected chi connectivity index (χ4v) is 2.85. The summed E-state index contributed by atoms with van der Waals surface area (Å²) in [4.78, 5) is 0.120. The van der Waals surface area contributed by atoms with Crippen molar-refractivity contribution >= 4 is 16.3 Å². The van der Waals surface area contributed by atoms with Gasteiger partial charge in [0.25, 0.3) is 5.82 Å². The second-order valence-corrected chi connectivity index (χ2v) is 5.64. The SMILES string of the molecule is CC(N)(c1nn2c(C(F)(F)F)nnc2s1)C1CC1. The smallest absolute Gasteiger partial charge is 0.319 e. The zero-order valence-electron chi connectivity index (χ0n) is 9.40. The van der Waals surface area contributed by atoms with Gasteiger partial charge < -0.3 is 5.73 Å². The highest BCUT2D eigenvalue weighted by atomic mass is 32.1. The summed E-state index contributed by atoms with van der Waals surface area (Å²) in [5, 5.41) is 11.0. The van der Waals surface area contributed by atoms with Crippen LogP contribution in [-0.4, -0.2) is 19.8 Å². The third-order valence-corrected chi connectivity index (χ3v) is 4.28. The molecule has 1 fully saturated rings. The molecule has 5 nitrogen and oxygen atoms in total. The lowest BCUT2D eigenvalue weighted by atomic mass is 9.99. The highest BCUT2D eigenvalue weighted by Crippen LogP contribution is 2.45. The Kier molecular flexibility index (Phi) is 2.25. The van der Waals surface area contributed by atoms with E-state index >= 15 is 0 Å². The molecule has 0 saturated heterocycles. The Morgan fingerprint density at radius 1 is 1.33 bits per heavy atom. The number of nitrogens with zero attached hydrogens (tertiary/aromatic N) is 4. The third kappa shape index (κ3) is 1.69. The van der Waals surface area contributed by atoms with Crippen LogP contribution in [0.2, 0.25) is 0 Å². The van der Waals surface area contributed by atoms with Crippen molar-refractivity contribution in [3.63, 3.8) is 0 Å². The van der Waals surface area contributed by atoms with Gasteiger partial charge in [-0.1, -0.05) is 11.3 Å². The molecule has 9 heteroatoms.